The molecule has 0 unspecified atom stereocenters. The SMILES string of the molecule is O=C(CCCn1cccn1)N1CCC2(CC1)CN(c1ccccc1)C(=O)CO2. The lowest BCUT2D eigenvalue weighted by molar-refractivity contribution is -0.150. The van der Waals surface area contributed by atoms with Crippen molar-refractivity contribution in [2.24, 2.45) is 0 Å². The third-order valence-electron chi connectivity index (χ3n) is 5.68. The van der Waals surface area contributed by atoms with Gasteiger partial charge in [-0.25, -0.2) is 0 Å². The van der Waals surface area contributed by atoms with Gasteiger partial charge in [-0.1, -0.05) is 18.2 Å². The Balaban J connectivity index is 1.30. The van der Waals surface area contributed by atoms with Gasteiger partial charge in [0.2, 0.25) is 5.91 Å². The number of morpholine rings is 1. The van der Waals surface area contributed by atoms with Crippen LogP contribution in [0, 0.1) is 0 Å². The molecule has 0 atom stereocenters. The monoisotopic (exact) mass is 382 g/mol. The molecule has 2 aliphatic heterocycles. The second kappa shape index (κ2) is 8.14. The molecule has 28 heavy (non-hydrogen) atoms. The third-order valence-corrected chi connectivity index (χ3v) is 5.68. The Bertz CT molecular complexity index is 798. The summed E-state index contributed by atoms with van der Waals surface area (Å²) >= 11 is 0. The number of aromatic nitrogens is 2. The Morgan fingerprint density at radius 2 is 1.93 bits per heavy atom. The number of rotatable bonds is 5. The maximum atomic E-state index is 12.5. The van der Waals surface area contributed by atoms with Crippen LogP contribution < -0.4 is 4.90 Å². The standard InChI is InChI=1S/C21H26N4O3/c26-19(8-4-12-24-13-5-11-22-24)23-14-9-21(10-15-23)17-25(20(27)16-28-21)18-6-2-1-3-7-18/h1-3,5-7,11,13H,4,8-10,12,14-17H2. The molecule has 0 N–H and O–H groups in total. The summed E-state index contributed by atoms with van der Waals surface area (Å²) in [7, 11) is 0. The molecule has 3 heterocycles. The van der Waals surface area contributed by atoms with Gasteiger partial charge in [0.1, 0.15) is 6.61 Å². The summed E-state index contributed by atoms with van der Waals surface area (Å²) in [5.74, 6) is 0.183. The lowest BCUT2D eigenvalue weighted by Crippen LogP contribution is -2.59. The van der Waals surface area contributed by atoms with Crippen LogP contribution >= 0.6 is 0 Å². The number of anilines is 1. The molecule has 7 heteroatoms. The average Bonchev–Trinajstić information content (AvgIpc) is 3.25. The highest BCUT2D eigenvalue weighted by atomic mass is 16.5. The second-order valence-electron chi connectivity index (χ2n) is 7.54. The summed E-state index contributed by atoms with van der Waals surface area (Å²) in [6.45, 7) is 2.77. The van der Waals surface area contributed by atoms with Crippen LogP contribution in [0.15, 0.2) is 48.8 Å². The number of hydrogen-bond acceptors (Lipinski definition) is 4. The van der Waals surface area contributed by atoms with Crippen LogP contribution in [0.25, 0.3) is 0 Å². The zero-order chi connectivity index (χ0) is 19.4. The highest BCUT2D eigenvalue weighted by Gasteiger charge is 2.43. The van der Waals surface area contributed by atoms with Gasteiger partial charge in [-0.2, -0.15) is 5.10 Å². The van der Waals surface area contributed by atoms with Gasteiger partial charge in [0.15, 0.2) is 0 Å². The molecule has 0 radical (unpaired) electrons. The molecule has 7 nitrogen and oxygen atoms in total. The smallest absolute Gasteiger partial charge is 0.253 e. The number of ether oxygens (including phenoxy) is 1. The maximum absolute atomic E-state index is 12.5. The fraction of sp³-hybridized carbons (Fsp3) is 0.476. The van der Waals surface area contributed by atoms with E-state index >= 15 is 0 Å². The number of para-hydroxylation sites is 1. The number of piperidine rings is 1. The first kappa shape index (κ1) is 18.7. The van der Waals surface area contributed by atoms with E-state index in [9.17, 15) is 9.59 Å². The number of benzene rings is 1. The van der Waals surface area contributed by atoms with Crippen molar-refractivity contribution in [3.63, 3.8) is 0 Å². The topological polar surface area (TPSA) is 67.7 Å². The van der Waals surface area contributed by atoms with E-state index in [0.29, 0.717) is 26.1 Å². The molecule has 0 saturated carbocycles. The van der Waals surface area contributed by atoms with E-state index in [1.807, 2.05) is 57.1 Å². The number of hydrogen-bond donors (Lipinski definition) is 0. The Morgan fingerprint density at radius 1 is 1.14 bits per heavy atom. The van der Waals surface area contributed by atoms with Crippen LogP contribution in [0.2, 0.25) is 0 Å². The quantitative estimate of drug-likeness (QED) is 0.794. The Kier molecular flexibility index (Phi) is 5.43. The Morgan fingerprint density at radius 3 is 2.64 bits per heavy atom. The summed E-state index contributed by atoms with van der Waals surface area (Å²) < 4.78 is 7.84. The lowest BCUT2D eigenvalue weighted by atomic mass is 9.88. The zero-order valence-electron chi connectivity index (χ0n) is 16.0. The number of nitrogens with zero attached hydrogens (tertiary/aromatic N) is 4. The van der Waals surface area contributed by atoms with Crippen LogP contribution in [0.3, 0.4) is 0 Å². The van der Waals surface area contributed by atoms with E-state index in [4.69, 9.17) is 4.74 Å². The summed E-state index contributed by atoms with van der Waals surface area (Å²) in [6.07, 6.45) is 6.50. The molecule has 4 rings (SSSR count). The molecule has 2 amide bonds. The minimum absolute atomic E-state index is 0.00560. The minimum Gasteiger partial charge on any atom is -0.363 e. The van der Waals surface area contributed by atoms with E-state index in [1.54, 1.807) is 6.20 Å². The highest BCUT2D eigenvalue weighted by Crippen LogP contribution is 2.32. The molecular formula is C21H26N4O3. The van der Waals surface area contributed by atoms with Gasteiger partial charge in [0.05, 0.1) is 12.1 Å². The number of carbonyl (C=O) groups is 2. The maximum Gasteiger partial charge on any atom is 0.253 e. The molecule has 1 aromatic heterocycles. The van der Waals surface area contributed by atoms with Crippen LogP contribution in [0.5, 0.6) is 0 Å². The van der Waals surface area contributed by atoms with E-state index in [1.165, 1.54) is 0 Å². The molecule has 2 aliphatic rings. The van der Waals surface area contributed by atoms with E-state index in [2.05, 4.69) is 5.10 Å². The number of aryl methyl sites for hydroxylation is 1. The summed E-state index contributed by atoms with van der Waals surface area (Å²) in [4.78, 5) is 28.6. The van der Waals surface area contributed by atoms with E-state index in [-0.39, 0.29) is 24.0 Å². The predicted molar refractivity (Wildman–Crippen MR) is 105 cm³/mol. The van der Waals surface area contributed by atoms with Gasteiger partial charge in [0, 0.05) is 44.1 Å². The van der Waals surface area contributed by atoms with Crippen LogP contribution in [0.4, 0.5) is 5.69 Å². The number of likely N-dealkylation sites (tertiary alicyclic amines) is 1. The van der Waals surface area contributed by atoms with Crippen molar-refractivity contribution in [1.29, 1.82) is 0 Å². The predicted octanol–water partition coefficient (Wildman–Crippen LogP) is 2.09. The van der Waals surface area contributed by atoms with Crippen molar-refractivity contribution in [2.45, 2.75) is 37.8 Å². The fourth-order valence-corrected chi connectivity index (χ4v) is 4.01. The molecule has 1 aromatic carbocycles. The van der Waals surface area contributed by atoms with Gasteiger partial charge in [-0.05, 0) is 37.5 Å². The lowest BCUT2D eigenvalue weighted by Gasteiger charge is -2.47. The molecule has 1 spiro atoms. The highest BCUT2D eigenvalue weighted by molar-refractivity contribution is 5.95. The van der Waals surface area contributed by atoms with Crippen molar-refractivity contribution in [1.82, 2.24) is 14.7 Å². The largest absolute Gasteiger partial charge is 0.363 e. The molecule has 0 aliphatic carbocycles. The number of amides is 2. The first-order valence-corrected chi connectivity index (χ1v) is 9.90. The van der Waals surface area contributed by atoms with Crippen molar-refractivity contribution in [3.05, 3.63) is 48.8 Å². The van der Waals surface area contributed by atoms with Gasteiger partial charge in [-0.3, -0.25) is 14.3 Å². The summed E-state index contributed by atoms with van der Waals surface area (Å²) in [5, 5.41) is 4.16. The first-order valence-electron chi connectivity index (χ1n) is 9.90. The Hall–Kier alpha value is -2.67. The van der Waals surface area contributed by atoms with Crippen molar-refractivity contribution >= 4 is 17.5 Å². The van der Waals surface area contributed by atoms with Crippen molar-refractivity contribution in [2.75, 3.05) is 31.1 Å². The van der Waals surface area contributed by atoms with Gasteiger partial charge >= 0.3 is 0 Å². The average molecular weight is 382 g/mol. The number of carbonyl (C=O) groups excluding carboxylic acids is 2. The molecule has 2 saturated heterocycles. The van der Waals surface area contributed by atoms with Crippen LogP contribution in [-0.4, -0.2) is 58.3 Å². The fourth-order valence-electron chi connectivity index (χ4n) is 4.01. The molecule has 0 bridgehead atoms. The van der Waals surface area contributed by atoms with Gasteiger partial charge < -0.3 is 14.5 Å². The zero-order valence-corrected chi connectivity index (χ0v) is 16.0. The molecular weight excluding hydrogens is 356 g/mol. The summed E-state index contributed by atoms with van der Waals surface area (Å²) in [5.41, 5.74) is 0.558. The van der Waals surface area contributed by atoms with Gasteiger partial charge in [0.25, 0.3) is 5.91 Å². The van der Waals surface area contributed by atoms with Crippen LogP contribution in [-0.2, 0) is 20.9 Å². The minimum atomic E-state index is -0.352. The molecule has 2 fully saturated rings. The van der Waals surface area contributed by atoms with Crippen molar-refractivity contribution < 1.29 is 14.3 Å². The second-order valence-corrected chi connectivity index (χ2v) is 7.54. The van der Waals surface area contributed by atoms with Crippen molar-refractivity contribution in [3.8, 4) is 0 Å². The Labute approximate surface area is 164 Å². The van der Waals surface area contributed by atoms with Gasteiger partial charge in [-0.15, -0.1) is 0 Å². The summed E-state index contributed by atoms with van der Waals surface area (Å²) in [6, 6.07) is 11.6. The third kappa shape index (κ3) is 4.09. The van der Waals surface area contributed by atoms with E-state index in [0.717, 1.165) is 31.5 Å². The van der Waals surface area contributed by atoms with E-state index < -0.39 is 0 Å². The normalized spacial score (nSPS) is 19.2. The molecule has 2 aromatic rings. The van der Waals surface area contributed by atoms with Crippen LogP contribution in [0.1, 0.15) is 25.7 Å². The molecule has 148 valence electrons. The first-order chi connectivity index (χ1) is 13.7.